The number of nitrogens with one attached hydrogen (secondary N) is 3. The van der Waals surface area contributed by atoms with E-state index in [1.807, 2.05) is 0 Å². The normalized spacial score (nSPS) is 22.2. The maximum Gasteiger partial charge on any atom is 0.287 e. The van der Waals surface area contributed by atoms with Crippen molar-refractivity contribution in [3.8, 4) is 0 Å². The first kappa shape index (κ1) is 19.0. The fraction of sp³-hybridized carbons (Fsp3) is 0.421. The van der Waals surface area contributed by atoms with E-state index in [0.717, 1.165) is 0 Å². The Morgan fingerprint density at radius 2 is 2.11 bits per heavy atom. The molecule has 1 aliphatic carbocycles. The van der Waals surface area contributed by atoms with Gasteiger partial charge >= 0.3 is 0 Å². The Bertz CT molecular complexity index is 781. The number of carbonyl (C=O) groups is 2. The molecular weight excluding hydrogens is 351 g/mol. The summed E-state index contributed by atoms with van der Waals surface area (Å²) >= 11 is 0. The van der Waals surface area contributed by atoms with Crippen LogP contribution in [0.2, 0.25) is 0 Å². The number of aromatic amines is 1. The van der Waals surface area contributed by atoms with Gasteiger partial charge in [0.15, 0.2) is 5.82 Å². The van der Waals surface area contributed by atoms with Gasteiger partial charge in [-0.1, -0.05) is 18.2 Å². The van der Waals surface area contributed by atoms with E-state index in [9.17, 15) is 19.1 Å². The highest BCUT2D eigenvalue weighted by Crippen LogP contribution is 2.25. The highest BCUT2D eigenvalue weighted by molar-refractivity contribution is 5.90. The Hall–Kier alpha value is -2.74. The first-order chi connectivity index (χ1) is 13.0. The van der Waals surface area contributed by atoms with Gasteiger partial charge in [-0.15, -0.1) is 0 Å². The van der Waals surface area contributed by atoms with E-state index in [0.29, 0.717) is 31.4 Å². The average molecular weight is 374 g/mol. The second-order valence-electron chi connectivity index (χ2n) is 6.73. The molecule has 8 heteroatoms. The lowest BCUT2D eigenvalue weighted by atomic mass is 9.83. The fourth-order valence-electron chi connectivity index (χ4n) is 3.35. The zero-order valence-corrected chi connectivity index (χ0v) is 14.8. The molecule has 2 aromatic rings. The summed E-state index contributed by atoms with van der Waals surface area (Å²) in [5, 5.41) is 15.9. The lowest BCUT2D eigenvalue weighted by molar-refractivity contribution is -0.127. The highest BCUT2D eigenvalue weighted by Gasteiger charge is 2.33. The summed E-state index contributed by atoms with van der Waals surface area (Å²) in [6, 6.07) is 6.06. The molecule has 0 unspecified atom stereocenters. The lowest BCUT2D eigenvalue weighted by Crippen LogP contribution is -2.49. The van der Waals surface area contributed by atoms with Gasteiger partial charge in [0.1, 0.15) is 5.82 Å². The zero-order valence-electron chi connectivity index (χ0n) is 14.8. The third-order valence-corrected chi connectivity index (χ3v) is 4.87. The molecule has 0 radical (unpaired) electrons. The van der Waals surface area contributed by atoms with Crippen molar-refractivity contribution in [3.05, 3.63) is 53.9 Å². The standard InChI is InChI=1S/C19H23FN4O3/c20-14-4-2-1-3-12(14)7-8-23-18(26)13-5-6-15(16(25)11-13)24-19(27)17-21-9-10-22-17/h1-4,9-10,13,15-16,25H,5-8,11H2,(H,21,22)(H,23,26)(H,24,27)/t13-,15+,16+/m0/s1. The molecular formula is C19H23FN4O3. The number of hydrogen-bond acceptors (Lipinski definition) is 4. The lowest BCUT2D eigenvalue weighted by Gasteiger charge is -2.32. The minimum absolute atomic E-state index is 0.152. The predicted molar refractivity (Wildman–Crippen MR) is 96.3 cm³/mol. The van der Waals surface area contributed by atoms with Crippen LogP contribution in [-0.4, -0.2) is 45.6 Å². The van der Waals surface area contributed by atoms with Gasteiger partial charge in [-0.2, -0.15) is 0 Å². The molecule has 0 saturated heterocycles. The number of rotatable bonds is 6. The maximum absolute atomic E-state index is 13.6. The van der Waals surface area contributed by atoms with E-state index >= 15 is 0 Å². The number of H-pyrrole nitrogens is 1. The number of halogens is 1. The van der Waals surface area contributed by atoms with Crippen molar-refractivity contribution in [2.24, 2.45) is 5.92 Å². The Balaban J connectivity index is 1.44. The van der Waals surface area contributed by atoms with Crippen molar-refractivity contribution in [1.82, 2.24) is 20.6 Å². The number of aromatic nitrogens is 2. The van der Waals surface area contributed by atoms with Gasteiger partial charge < -0.3 is 20.7 Å². The molecule has 4 N–H and O–H groups in total. The van der Waals surface area contributed by atoms with Gasteiger partial charge in [-0.05, 0) is 37.3 Å². The number of benzene rings is 1. The molecule has 1 heterocycles. The third kappa shape index (κ3) is 4.91. The van der Waals surface area contributed by atoms with Crippen LogP contribution in [0.5, 0.6) is 0 Å². The minimum atomic E-state index is -0.806. The number of aliphatic hydroxyl groups excluding tert-OH is 1. The molecule has 144 valence electrons. The number of carbonyl (C=O) groups excluding carboxylic acids is 2. The topological polar surface area (TPSA) is 107 Å². The number of amides is 2. The number of aliphatic hydroxyl groups is 1. The van der Waals surface area contributed by atoms with Gasteiger partial charge in [-0.25, -0.2) is 9.37 Å². The molecule has 0 spiro atoms. The van der Waals surface area contributed by atoms with E-state index in [1.165, 1.54) is 12.3 Å². The minimum Gasteiger partial charge on any atom is -0.391 e. The quantitative estimate of drug-likeness (QED) is 0.609. The Morgan fingerprint density at radius 1 is 1.30 bits per heavy atom. The van der Waals surface area contributed by atoms with E-state index in [2.05, 4.69) is 20.6 Å². The molecule has 3 rings (SSSR count). The summed E-state index contributed by atoms with van der Waals surface area (Å²) in [6.45, 7) is 0.338. The molecule has 27 heavy (non-hydrogen) atoms. The first-order valence-corrected chi connectivity index (χ1v) is 9.04. The molecule has 0 aliphatic heterocycles. The van der Waals surface area contributed by atoms with Crippen LogP contribution in [0, 0.1) is 11.7 Å². The fourth-order valence-corrected chi connectivity index (χ4v) is 3.35. The van der Waals surface area contributed by atoms with Crippen molar-refractivity contribution in [2.45, 2.75) is 37.8 Å². The largest absolute Gasteiger partial charge is 0.391 e. The van der Waals surface area contributed by atoms with Crippen LogP contribution in [0.25, 0.3) is 0 Å². The summed E-state index contributed by atoms with van der Waals surface area (Å²) < 4.78 is 13.6. The average Bonchev–Trinajstić information content (AvgIpc) is 3.19. The number of imidazole rings is 1. The van der Waals surface area contributed by atoms with E-state index in [1.54, 1.807) is 24.4 Å². The van der Waals surface area contributed by atoms with Gasteiger partial charge in [0.05, 0.1) is 12.1 Å². The SMILES string of the molecule is O=C(N[C@@H]1CC[C@H](C(=O)NCCc2ccccc2F)C[C@H]1O)c1ncc[nH]1. The molecule has 2 amide bonds. The van der Waals surface area contributed by atoms with Crippen molar-refractivity contribution in [2.75, 3.05) is 6.54 Å². The third-order valence-electron chi connectivity index (χ3n) is 4.87. The maximum atomic E-state index is 13.6. The summed E-state index contributed by atoms with van der Waals surface area (Å²) in [5.74, 6) is -0.944. The summed E-state index contributed by atoms with van der Waals surface area (Å²) in [5.41, 5.74) is 0.558. The van der Waals surface area contributed by atoms with Crippen molar-refractivity contribution < 1.29 is 19.1 Å². The highest BCUT2D eigenvalue weighted by atomic mass is 19.1. The van der Waals surface area contributed by atoms with Crippen LogP contribution in [-0.2, 0) is 11.2 Å². The van der Waals surface area contributed by atoms with Crippen LogP contribution in [0.4, 0.5) is 4.39 Å². The molecule has 1 fully saturated rings. The van der Waals surface area contributed by atoms with E-state index < -0.39 is 12.1 Å². The summed E-state index contributed by atoms with van der Waals surface area (Å²) in [6.07, 6.45) is 3.97. The van der Waals surface area contributed by atoms with Crippen molar-refractivity contribution in [1.29, 1.82) is 0 Å². The van der Waals surface area contributed by atoms with Crippen LogP contribution in [0.3, 0.4) is 0 Å². The van der Waals surface area contributed by atoms with E-state index in [-0.39, 0.29) is 35.8 Å². The smallest absolute Gasteiger partial charge is 0.287 e. The predicted octanol–water partition coefficient (Wildman–Crippen LogP) is 1.17. The second kappa shape index (κ2) is 8.77. The number of hydrogen-bond donors (Lipinski definition) is 4. The van der Waals surface area contributed by atoms with Crippen LogP contribution >= 0.6 is 0 Å². The van der Waals surface area contributed by atoms with Crippen molar-refractivity contribution >= 4 is 11.8 Å². The summed E-state index contributed by atoms with van der Waals surface area (Å²) in [7, 11) is 0. The Morgan fingerprint density at radius 3 is 2.81 bits per heavy atom. The Kier molecular flexibility index (Phi) is 6.18. The van der Waals surface area contributed by atoms with Crippen LogP contribution in [0.1, 0.15) is 35.4 Å². The molecule has 1 saturated carbocycles. The molecule has 1 aromatic carbocycles. The zero-order chi connectivity index (χ0) is 19.2. The van der Waals surface area contributed by atoms with Crippen LogP contribution < -0.4 is 10.6 Å². The second-order valence-corrected chi connectivity index (χ2v) is 6.73. The van der Waals surface area contributed by atoms with Gasteiger partial charge in [0.25, 0.3) is 5.91 Å². The number of nitrogens with zero attached hydrogens (tertiary/aromatic N) is 1. The molecule has 1 aromatic heterocycles. The molecule has 0 bridgehead atoms. The van der Waals surface area contributed by atoms with Gasteiger partial charge in [0, 0.05) is 24.9 Å². The molecule has 3 atom stereocenters. The first-order valence-electron chi connectivity index (χ1n) is 9.04. The summed E-state index contributed by atoms with van der Waals surface area (Å²) in [4.78, 5) is 30.9. The van der Waals surface area contributed by atoms with E-state index in [4.69, 9.17) is 0 Å². The molecule has 7 nitrogen and oxygen atoms in total. The monoisotopic (exact) mass is 374 g/mol. The van der Waals surface area contributed by atoms with Gasteiger partial charge in [-0.3, -0.25) is 9.59 Å². The van der Waals surface area contributed by atoms with Gasteiger partial charge in [0.2, 0.25) is 5.91 Å². The van der Waals surface area contributed by atoms with Crippen molar-refractivity contribution in [3.63, 3.8) is 0 Å². The van der Waals surface area contributed by atoms with Crippen LogP contribution in [0.15, 0.2) is 36.7 Å². The Labute approximate surface area is 156 Å². The molecule has 1 aliphatic rings.